The number of anilines is 1. The van der Waals surface area contributed by atoms with Crippen molar-refractivity contribution in [1.82, 2.24) is 0 Å². The first-order chi connectivity index (χ1) is 9.52. The number of thioether (sulfide) groups is 1. The van der Waals surface area contributed by atoms with Crippen molar-refractivity contribution in [2.24, 2.45) is 0 Å². The molecule has 1 unspecified atom stereocenters. The molecule has 6 N–H and O–H groups in total. The first-order valence-corrected chi connectivity index (χ1v) is 7.26. The number of aliphatic hydroxyl groups excluding tert-OH is 5. The topological polar surface area (TPSA) is 113 Å². The van der Waals surface area contributed by atoms with Crippen LogP contribution in [-0.2, 0) is 0 Å². The maximum Gasteiger partial charge on any atom is 0.110 e. The molecule has 0 aliphatic carbocycles. The minimum Gasteiger partial charge on any atom is -0.394 e. The van der Waals surface area contributed by atoms with Crippen LogP contribution in [-0.4, -0.2) is 61.9 Å². The van der Waals surface area contributed by atoms with E-state index in [1.54, 1.807) is 0 Å². The van der Waals surface area contributed by atoms with E-state index in [9.17, 15) is 20.4 Å². The zero-order valence-corrected chi connectivity index (χ0v) is 11.6. The summed E-state index contributed by atoms with van der Waals surface area (Å²) in [6.07, 6.45) is -5.56. The minimum atomic E-state index is -1.58. The molecule has 20 heavy (non-hydrogen) atoms. The lowest BCUT2D eigenvalue weighted by Crippen LogP contribution is -2.46. The van der Waals surface area contributed by atoms with E-state index in [-0.39, 0.29) is 11.8 Å². The Morgan fingerprint density at radius 1 is 1.05 bits per heavy atom. The number of benzene rings is 1. The van der Waals surface area contributed by atoms with Crippen molar-refractivity contribution < 1.29 is 25.5 Å². The quantitative estimate of drug-likeness (QED) is 0.414. The van der Waals surface area contributed by atoms with Crippen LogP contribution in [0.2, 0.25) is 0 Å². The maximum atomic E-state index is 9.92. The number of hydrogen-bond acceptors (Lipinski definition) is 7. The molecule has 7 heteroatoms. The van der Waals surface area contributed by atoms with Gasteiger partial charge in [-0.2, -0.15) is 0 Å². The fourth-order valence-electron chi connectivity index (χ4n) is 2.07. The van der Waals surface area contributed by atoms with Gasteiger partial charge in [0.05, 0.1) is 18.1 Å². The summed E-state index contributed by atoms with van der Waals surface area (Å²) in [5.41, 5.74) is 0.972. The third-order valence-electron chi connectivity index (χ3n) is 3.25. The van der Waals surface area contributed by atoms with E-state index in [0.717, 1.165) is 10.6 Å². The lowest BCUT2D eigenvalue weighted by atomic mass is 10.0. The number of aliphatic hydroxyl groups is 5. The van der Waals surface area contributed by atoms with Crippen molar-refractivity contribution in [3.8, 4) is 0 Å². The summed E-state index contributed by atoms with van der Waals surface area (Å²) < 4.78 is 0. The minimum absolute atomic E-state index is 0.115. The van der Waals surface area contributed by atoms with E-state index in [2.05, 4.69) is 5.32 Å². The van der Waals surface area contributed by atoms with Gasteiger partial charge in [-0.25, -0.2) is 0 Å². The molecular formula is C13H19NO5S. The molecule has 1 aliphatic rings. The van der Waals surface area contributed by atoms with Crippen molar-refractivity contribution in [2.75, 3.05) is 11.9 Å². The Balaban J connectivity index is 1.88. The first-order valence-electron chi connectivity index (χ1n) is 6.38. The third-order valence-corrected chi connectivity index (χ3v) is 4.46. The van der Waals surface area contributed by atoms with Crippen LogP contribution in [0.1, 0.15) is 6.42 Å². The van der Waals surface area contributed by atoms with Crippen molar-refractivity contribution in [3.63, 3.8) is 0 Å². The number of nitrogens with one attached hydrogen (secondary N) is 1. The summed E-state index contributed by atoms with van der Waals surface area (Å²) >= 11 is 1.53. The van der Waals surface area contributed by atoms with Crippen LogP contribution in [0.25, 0.3) is 0 Å². The van der Waals surface area contributed by atoms with Gasteiger partial charge in [-0.15, -0.1) is 0 Å². The molecule has 1 aromatic carbocycles. The fraction of sp³-hybridized carbons (Fsp3) is 0.538. The van der Waals surface area contributed by atoms with Gasteiger partial charge in [-0.1, -0.05) is 23.9 Å². The van der Waals surface area contributed by atoms with Gasteiger partial charge in [0.25, 0.3) is 0 Å². The predicted octanol–water partition coefficient (Wildman–Crippen LogP) is -0.644. The molecule has 0 saturated heterocycles. The summed E-state index contributed by atoms with van der Waals surface area (Å²) in [6, 6.07) is 7.71. The smallest absolute Gasteiger partial charge is 0.110 e. The first kappa shape index (κ1) is 15.6. The Bertz CT molecular complexity index is 422. The van der Waals surface area contributed by atoms with Crippen molar-refractivity contribution >= 4 is 17.4 Å². The highest BCUT2D eigenvalue weighted by atomic mass is 32.2. The molecule has 0 amide bonds. The Labute approximate surface area is 121 Å². The highest BCUT2D eigenvalue weighted by Crippen LogP contribution is 2.39. The van der Waals surface area contributed by atoms with Crippen LogP contribution < -0.4 is 5.32 Å². The molecule has 1 aliphatic heterocycles. The van der Waals surface area contributed by atoms with Gasteiger partial charge >= 0.3 is 0 Å². The number of rotatable bonds is 6. The molecule has 112 valence electrons. The van der Waals surface area contributed by atoms with Crippen LogP contribution in [0.15, 0.2) is 29.2 Å². The van der Waals surface area contributed by atoms with Gasteiger partial charge < -0.3 is 30.8 Å². The van der Waals surface area contributed by atoms with Gasteiger partial charge in [0.1, 0.15) is 18.3 Å². The molecule has 0 fully saturated rings. The van der Waals surface area contributed by atoms with Crippen LogP contribution in [0.4, 0.5) is 5.69 Å². The Morgan fingerprint density at radius 2 is 1.70 bits per heavy atom. The SMILES string of the molecule is OC[C@@H](O)[C@@H](O)[C@H](O)[C@@H](O)CC1Nc2ccccc2S1. The summed E-state index contributed by atoms with van der Waals surface area (Å²) in [6.45, 7) is -0.674. The lowest BCUT2D eigenvalue weighted by molar-refractivity contribution is -0.115. The van der Waals surface area contributed by atoms with E-state index < -0.39 is 31.0 Å². The predicted molar refractivity (Wildman–Crippen MR) is 75.4 cm³/mol. The normalized spacial score (nSPS) is 23.6. The van der Waals surface area contributed by atoms with E-state index in [4.69, 9.17) is 5.11 Å². The van der Waals surface area contributed by atoms with Crippen LogP contribution in [0, 0.1) is 0 Å². The summed E-state index contributed by atoms with van der Waals surface area (Å²) in [7, 11) is 0. The average molecular weight is 301 g/mol. The zero-order chi connectivity index (χ0) is 14.7. The van der Waals surface area contributed by atoms with Crippen LogP contribution in [0.5, 0.6) is 0 Å². The Kier molecular flexibility index (Phi) is 5.25. The summed E-state index contributed by atoms with van der Waals surface area (Å²) in [5, 5.41) is 50.3. The molecule has 1 heterocycles. The molecule has 6 nitrogen and oxygen atoms in total. The van der Waals surface area contributed by atoms with Crippen LogP contribution in [0.3, 0.4) is 0 Å². The second-order valence-corrected chi connectivity index (χ2v) is 6.03. The fourth-order valence-corrected chi connectivity index (χ4v) is 3.27. The highest BCUT2D eigenvalue weighted by molar-refractivity contribution is 8.00. The number of para-hydroxylation sites is 1. The van der Waals surface area contributed by atoms with E-state index in [1.165, 1.54) is 11.8 Å². The largest absolute Gasteiger partial charge is 0.394 e. The molecule has 0 aromatic heterocycles. The van der Waals surface area contributed by atoms with E-state index >= 15 is 0 Å². The Morgan fingerprint density at radius 3 is 2.35 bits per heavy atom. The van der Waals surface area contributed by atoms with Crippen molar-refractivity contribution in [3.05, 3.63) is 24.3 Å². The van der Waals surface area contributed by atoms with Crippen molar-refractivity contribution in [1.29, 1.82) is 0 Å². The monoisotopic (exact) mass is 301 g/mol. The van der Waals surface area contributed by atoms with E-state index in [1.807, 2.05) is 24.3 Å². The van der Waals surface area contributed by atoms with Crippen molar-refractivity contribution in [2.45, 2.75) is 41.1 Å². The molecular weight excluding hydrogens is 282 g/mol. The standard InChI is InChI=1S/C13H19NO5S/c15-6-9(17)13(19)12(18)8(16)5-11-14-7-3-1-2-4-10(7)20-11/h1-4,8-9,11-19H,5-6H2/t8-,9+,11?,12+,13+/m0/s1. The number of hydrogen-bond donors (Lipinski definition) is 6. The molecule has 1 aromatic rings. The summed E-state index contributed by atoms with van der Waals surface area (Å²) in [4.78, 5) is 1.06. The van der Waals surface area contributed by atoms with Gasteiger partial charge in [-0.3, -0.25) is 0 Å². The van der Waals surface area contributed by atoms with E-state index in [0.29, 0.717) is 0 Å². The lowest BCUT2D eigenvalue weighted by Gasteiger charge is -2.27. The molecule has 0 saturated carbocycles. The molecule has 0 radical (unpaired) electrons. The van der Waals surface area contributed by atoms with Crippen LogP contribution >= 0.6 is 11.8 Å². The maximum absolute atomic E-state index is 9.92. The Hall–Kier alpha value is -0.830. The third kappa shape index (κ3) is 3.43. The average Bonchev–Trinajstić information content (AvgIpc) is 2.86. The van der Waals surface area contributed by atoms with Gasteiger partial charge in [0.15, 0.2) is 0 Å². The summed E-state index contributed by atoms with van der Waals surface area (Å²) in [5.74, 6) is 0. The van der Waals surface area contributed by atoms with Gasteiger partial charge in [0.2, 0.25) is 0 Å². The molecule has 5 atom stereocenters. The molecule has 0 bridgehead atoms. The zero-order valence-electron chi connectivity index (χ0n) is 10.8. The highest BCUT2D eigenvalue weighted by Gasteiger charge is 2.33. The number of fused-ring (bicyclic) bond motifs is 1. The second kappa shape index (κ2) is 6.75. The molecule has 0 spiro atoms. The van der Waals surface area contributed by atoms with Gasteiger partial charge in [0, 0.05) is 17.0 Å². The molecule has 2 rings (SSSR count). The second-order valence-electron chi connectivity index (χ2n) is 4.78. The van der Waals surface area contributed by atoms with Gasteiger partial charge in [-0.05, 0) is 12.1 Å².